The van der Waals surface area contributed by atoms with Crippen molar-refractivity contribution in [2.24, 2.45) is 5.92 Å². The zero-order chi connectivity index (χ0) is 25.9. The van der Waals surface area contributed by atoms with Gasteiger partial charge < -0.3 is 10.4 Å². The van der Waals surface area contributed by atoms with Crippen LogP contribution in [0.5, 0.6) is 0 Å². The van der Waals surface area contributed by atoms with Crippen LogP contribution in [0.3, 0.4) is 0 Å². The van der Waals surface area contributed by atoms with E-state index in [0.29, 0.717) is 25.7 Å². The Morgan fingerprint density at radius 2 is 1.57 bits per heavy atom. The fraction of sp³-hybridized carbons (Fsp3) is 0.480. The summed E-state index contributed by atoms with van der Waals surface area (Å²) in [5, 5.41) is 13.5. The van der Waals surface area contributed by atoms with E-state index in [-0.39, 0.29) is 29.2 Å². The van der Waals surface area contributed by atoms with Gasteiger partial charge in [-0.1, -0.05) is 30.3 Å². The van der Waals surface area contributed by atoms with Crippen molar-refractivity contribution in [3.63, 3.8) is 0 Å². The minimum Gasteiger partial charge on any atom is -0.388 e. The number of benzene rings is 2. The molecule has 35 heavy (non-hydrogen) atoms. The molecule has 0 saturated heterocycles. The van der Waals surface area contributed by atoms with Crippen molar-refractivity contribution in [3.05, 3.63) is 65.7 Å². The highest BCUT2D eigenvalue weighted by Crippen LogP contribution is 2.31. The summed E-state index contributed by atoms with van der Waals surface area (Å²) in [6, 6.07) is 11.7. The summed E-state index contributed by atoms with van der Waals surface area (Å²) in [5.74, 6) is -0.116. The molecule has 6 nitrogen and oxygen atoms in total. The van der Waals surface area contributed by atoms with Crippen LogP contribution in [0.2, 0.25) is 0 Å². The van der Waals surface area contributed by atoms with Gasteiger partial charge in [-0.2, -0.15) is 13.2 Å². The van der Waals surface area contributed by atoms with E-state index in [1.165, 1.54) is 0 Å². The van der Waals surface area contributed by atoms with Gasteiger partial charge >= 0.3 is 6.18 Å². The molecule has 1 saturated carbocycles. The van der Waals surface area contributed by atoms with Crippen LogP contribution in [0.4, 0.5) is 13.2 Å². The molecule has 0 aliphatic heterocycles. The normalized spacial score (nSPS) is 20.3. The number of rotatable bonds is 8. The van der Waals surface area contributed by atoms with Gasteiger partial charge in [0.25, 0.3) is 0 Å². The number of aliphatic hydroxyl groups is 1. The molecule has 1 unspecified atom stereocenters. The van der Waals surface area contributed by atoms with E-state index in [2.05, 4.69) is 10.0 Å². The van der Waals surface area contributed by atoms with E-state index in [0.717, 1.165) is 29.8 Å². The van der Waals surface area contributed by atoms with Crippen molar-refractivity contribution >= 4 is 15.9 Å². The molecule has 10 heteroatoms. The topological polar surface area (TPSA) is 95.5 Å². The minimum atomic E-state index is -4.53. The zero-order valence-electron chi connectivity index (χ0n) is 19.7. The molecule has 1 amide bonds. The van der Waals surface area contributed by atoms with Gasteiger partial charge in [0.05, 0.1) is 22.1 Å². The van der Waals surface area contributed by atoms with Crippen molar-refractivity contribution in [1.82, 2.24) is 10.0 Å². The first-order chi connectivity index (χ1) is 16.3. The number of halogens is 3. The van der Waals surface area contributed by atoms with E-state index in [9.17, 15) is 31.5 Å². The molecular formula is C25H31F3N2O4S. The van der Waals surface area contributed by atoms with Crippen LogP contribution in [0, 0.1) is 5.92 Å². The first-order valence-electron chi connectivity index (χ1n) is 11.5. The molecule has 192 valence electrons. The molecule has 1 aliphatic carbocycles. The number of carbonyl (C=O) groups excluding carboxylic acids is 1. The summed E-state index contributed by atoms with van der Waals surface area (Å²) >= 11 is 0. The van der Waals surface area contributed by atoms with E-state index < -0.39 is 33.4 Å². The molecule has 0 aromatic heterocycles. The minimum absolute atomic E-state index is 0.0695. The van der Waals surface area contributed by atoms with Crippen LogP contribution < -0.4 is 10.0 Å². The Balaban J connectivity index is 1.52. The second-order valence-corrected chi connectivity index (χ2v) is 11.3. The van der Waals surface area contributed by atoms with Gasteiger partial charge in [0.15, 0.2) is 0 Å². The smallest absolute Gasteiger partial charge is 0.388 e. The maximum absolute atomic E-state index is 12.7. The fourth-order valence-electron chi connectivity index (χ4n) is 4.39. The lowest BCUT2D eigenvalue weighted by atomic mass is 9.84. The lowest BCUT2D eigenvalue weighted by Gasteiger charge is -2.32. The molecule has 1 atom stereocenters. The predicted octanol–water partition coefficient (Wildman–Crippen LogP) is 4.56. The molecule has 0 bridgehead atoms. The van der Waals surface area contributed by atoms with E-state index in [1.54, 1.807) is 13.8 Å². The van der Waals surface area contributed by atoms with E-state index in [4.69, 9.17) is 0 Å². The van der Waals surface area contributed by atoms with Crippen LogP contribution >= 0.6 is 0 Å². The Kier molecular flexibility index (Phi) is 8.28. The fourth-order valence-corrected chi connectivity index (χ4v) is 5.70. The molecule has 1 fully saturated rings. The van der Waals surface area contributed by atoms with Crippen molar-refractivity contribution in [2.75, 3.05) is 0 Å². The van der Waals surface area contributed by atoms with Crippen molar-refractivity contribution in [1.29, 1.82) is 0 Å². The summed E-state index contributed by atoms with van der Waals surface area (Å²) in [7, 11) is -3.95. The number of carbonyl (C=O) groups is 1. The van der Waals surface area contributed by atoms with Crippen LogP contribution in [-0.2, 0) is 21.0 Å². The third-order valence-electron chi connectivity index (χ3n) is 6.28. The molecule has 3 rings (SSSR count). The van der Waals surface area contributed by atoms with Gasteiger partial charge in [0.2, 0.25) is 15.9 Å². The first-order valence-corrected chi connectivity index (χ1v) is 13.0. The second-order valence-electron chi connectivity index (χ2n) is 9.63. The molecule has 2 aromatic rings. The average molecular weight is 513 g/mol. The van der Waals surface area contributed by atoms with Gasteiger partial charge in [-0.05, 0) is 75.3 Å². The Hall–Kier alpha value is -2.43. The lowest BCUT2D eigenvalue weighted by molar-refractivity contribution is -0.137. The Labute approximate surface area is 204 Å². The third-order valence-corrected chi connectivity index (χ3v) is 7.82. The van der Waals surface area contributed by atoms with Crippen molar-refractivity contribution in [2.45, 2.75) is 74.7 Å². The maximum Gasteiger partial charge on any atom is 0.416 e. The van der Waals surface area contributed by atoms with E-state index in [1.807, 2.05) is 30.3 Å². The number of hydrogen-bond donors (Lipinski definition) is 3. The number of amides is 1. The quantitative estimate of drug-likeness (QED) is 0.483. The van der Waals surface area contributed by atoms with Gasteiger partial charge in [0, 0.05) is 12.5 Å². The lowest BCUT2D eigenvalue weighted by Crippen LogP contribution is -2.43. The monoisotopic (exact) mass is 512 g/mol. The molecule has 0 heterocycles. The standard InChI is InChI=1S/C25H31F3N2O4S/c1-24(2,32)23(18-6-4-3-5-7-18)29-22(31)16-17-8-12-20(13-9-17)30-35(33,34)21-14-10-19(11-15-21)25(26,27)28/h3-7,10-11,14-15,17,20,23,30,32H,8-9,12-13,16H2,1-2H3,(H,29,31). The average Bonchev–Trinajstić information content (AvgIpc) is 2.78. The molecule has 3 N–H and O–H groups in total. The largest absolute Gasteiger partial charge is 0.416 e. The summed E-state index contributed by atoms with van der Waals surface area (Å²) in [5.41, 5.74) is -1.27. The van der Waals surface area contributed by atoms with Crippen molar-refractivity contribution < 1.29 is 31.5 Å². The Morgan fingerprint density at radius 1 is 1.00 bits per heavy atom. The maximum atomic E-state index is 12.7. The number of sulfonamides is 1. The number of alkyl halides is 3. The SMILES string of the molecule is CC(C)(O)C(NC(=O)CC1CCC(NS(=O)(=O)c2ccc(C(F)(F)F)cc2)CC1)c1ccccc1. The van der Waals surface area contributed by atoms with Gasteiger partial charge in [-0.3, -0.25) is 4.79 Å². The zero-order valence-corrected chi connectivity index (χ0v) is 20.5. The molecule has 0 spiro atoms. The van der Waals surface area contributed by atoms with Crippen LogP contribution in [-0.4, -0.2) is 31.1 Å². The van der Waals surface area contributed by atoms with Crippen LogP contribution in [0.1, 0.15) is 63.1 Å². The molecular weight excluding hydrogens is 481 g/mol. The summed E-state index contributed by atoms with van der Waals surface area (Å²) in [6.07, 6.45) is -1.97. The third kappa shape index (κ3) is 7.52. The summed E-state index contributed by atoms with van der Waals surface area (Å²) in [6.45, 7) is 3.28. The highest BCUT2D eigenvalue weighted by Gasteiger charge is 2.33. The number of nitrogens with one attached hydrogen (secondary N) is 2. The molecule has 2 aromatic carbocycles. The van der Waals surface area contributed by atoms with Crippen molar-refractivity contribution in [3.8, 4) is 0 Å². The first kappa shape index (κ1) is 27.2. The molecule has 1 aliphatic rings. The summed E-state index contributed by atoms with van der Waals surface area (Å²) in [4.78, 5) is 12.5. The Bertz CT molecular complexity index is 1090. The Morgan fingerprint density at radius 3 is 2.09 bits per heavy atom. The van der Waals surface area contributed by atoms with Crippen LogP contribution in [0.15, 0.2) is 59.5 Å². The summed E-state index contributed by atoms with van der Waals surface area (Å²) < 4.78 is 65.9. The van der Waals surface area contributed by atoms with Crippen LogP contribution in [0.25, 0.3) is 0 Å². The highest BCUT2D eigenvalue weighted by atomic mass is 32.2. The highest BCUT2D eigenvalue weighted by molar-refractivity contribution is 7.89. The van der Waals surface area contributed by atoms with E-state index >= 15 is 0 Å². The van der Waals surface area contributed by atoms with Gasteiger partial charge in [0.1, 0.15) is 0 Å². The van der Waals surface area contributed by atoms with Gasteiger partial charge in [-0.15, -0.1) is 0 Å². The predicted molar refractivity (Wildman–Crippen MR) is 126 cm³/mol. The van der Waals surface area contributed by atoms with Gasteiger partial charge in [-0.25, -0.2) is 13.1 Å². The number of hydrogen-bond acceptors (Lipinski definition) is 4. The molecule has 0 radical (unpaired) electrons. The second kappa shape index (κ2) is 10.7.